The molecule has 34 heavy (non-hydrogen) atoms. The molecule has 0 aromatic heterocycles. The van der Waals surface area contributed by atoms with Crippen molar-refractivity contribution in [2.45, 2.75) is 67.2 Å². The van der Waals surface area contributed by atoms with Crippen LogP contribution in [0, 0.1) is 23.2 Å². The molecule has 0 bridgehead atoms. The van der Waals surface area contributed by atoms with Crippen molar-refractivity contribution >= 4 is 27.7 Å². The van der Waals surface area contributed by atoms with Gasteiger partial charge < -0.3 is 5.11 Å². The normalized spacial score (nSPS) is 12.0. The molecule has 0 heterocycles. The van der Waals surface area contributed by atoms with Crippen molar-refractivity contribution in [3.05, 3.63) is 29.8 Å². The van der Waals surface area contributed by atoms with E-state index in [4.69, 9.17) is 9.29 Å². The van der Waals surface area contributed by atoms with Gasteiger partial charge in [0.25, 0.3) is 10.1 Å². The Kier molecular flexibility index (Phi) is 13.6. The molecule has 0 saturated heterocycles. The molecule has 0 atom stereocenters. The van der Waals surface area contributed by atoms with E-state index in [1.807, 2.05) is 6.92 Å². The fourth-order valence-corrected chi connectivity index (χ4v) is 2.31. The zero-order valence-corrected chi connectivity index (χ0v) is 22.3. The molecular formula is C24H38F2O7S. The number of carbonyl (C=O) groups excluding carboxylic acids is 2. The van der Waals surface area contributed by atoms with Gasteiger partial charge in [-0.05, 0) is 46.8 Å². The topological polar surface area (TPSA) is 115 Å². The van der Waals surface area contributed by atoms with Crippen molar-refractivity contribution in [1.82, 2.24) is 0 Å². The number of aliphatic carboxylic acids is 1. The number of hydrogen-bond acceptors (Lipinski definition) is 6. The first-order chi connectivity index (χ1) is 15.2. The van der Waals surface area contributed by atoms with E-state index in [9.17, 15) is 31.6 Å². The summed E-state index contributed by atoms with van der Waals surface area (Å²) in [5.74, 6) is -1.30. The van der Waals surface area contributed by atoms with E-state index in [0.29, 0.717) is 0 Å². The van der Waals surface area contributed by atoms with Gasteiger partial charge in [0, 0.05) is 5.41 Å². The van der Waals surface area contributed by atoms with Crippen LogP contribution in [0.25, 0.3) is 0 Å². The molecule has 0 fully saturated rings. The number of Topliss-reactive ketones (excluding diaryl/α,β-unsaturated/α-hetero) is 2. The standard InChI is InChI=1S/C13H18O4S.C6H11FO.C5H9FO2/c1-10-5-7-12(8-6-10)18(15,16)17-9-13(3,4)11(2)14;1-5(8)6(2,3)4-7;1-5(2,3-6)4(7)8/h5-8H,9H2,1-4H3;4H2,1-3H3;3H2,1-2H3,(H,7,8)/i;7-1;6-1. The number of carboxylic acids is 1. The number of carbonyl (C=O) groups is 3. The maximum absolute atomic E-state index is 11.9. The van der Waals surface area contributed by atoms with Gasteiger partial charge in [0.15, 0.2) is 0 Å². The molecular weight excluding hydrogens is 468 g/mol. The molecule has 0 saturated carbocycles. The molecule has 1 N–H and O–H groups in total. The molecule has 1 aromatic carbocycles. The zero-order chi connectivity index (χ0) is 27.5. The second-order valence-electron chi connectivity index (χ2n) is 9.87. The number of rotatable bonds is 9. The van der Waals surface area contributed by atoms with E-state index in [0.717, 1.165) is 5.56 Å². The Balaban J connectivity index is 0. The van der Waals surface area contributed by atoms with E-state index in [-0.39, 0.29) is 23.1 Å². The Morgan fingerprint density at radius 2 is 1.21 bits per heavy atom. The van der Waals surface area contributed by atoms with Crippen LogP contribution in [0.2, 0.25) is 0 Å². The molecule has 0 aliphatic heterocycles. The highest BCUT2D eigenvalue weighted by atomic mass is 32.2. The minimum Gasteiger partial charge on any atom is -0.481 e. The predicted molar refractivity (Wildman–Crippen MR) is 127 cm³/mol. The third kappa shape index (κ3) is 12.3. The smallest absolute Gasteiger partial charge is 0.311 e. The number of hydrogen-bond donors (Lipinski definition) is 1. The van der Waals surface area contributed by atoms with Crippen molar-refractivity contribution in [2.24, 2.45) is 16.2 Å². The first kappa shape index (κ1) is 34.0. The largest absolute Gasteiger partial charge is 0.481 e. The molecule has 0 aliphatic carbocycles. The van der Waals surface area contributed by atoms with Gasteiger partial charge in [0.05, 0.1) is 22.3 Å². The molecule has 0 unspecified atom stereocenters. The van der Waals surface area contributed by atoms with Crippen molar-refractivity contribution < 1.29 is 40.9 Å². The Morgan fingerprint density at radius 1 is 0.824 bits per heavy atom. The average Bonchev–Trinajstić information content (AvgIpc) is 2.73. The molecule has 0 spiro atoms. The Bertz CT molecular complexity index is 893. The van der Waals surface area contributed by atoms with E-state index in [1.165, 1.54) is 39.8 Å². The van der Waals surface area contributed by atoms with Gasteiger partial charge in [-0.1, -0.05) is 45.4 Å². The summed E-state index contributed by atoms with van der Waals surface area (Å²) in [5.41, 5.74) is -1.81. The molecule has 0 aliphatic rings. The van der Waals surface area contributed by atoms with Crippen molar-refractivity contribution in [3.63, 3.8) is 0 Å². The summed E-state index contributed by atoms with van der Waals surface area (Å²) in [6.07, 6.45) is 0. The van der Waals surface area contributed by atoms with Gasteiger partial charge in [-0.15, -0.1) is 0 Å². The second-order valence-corrected chi connectivity index (χ2v) is 11.5. The minimum absolute atomic E-state index is 0.0972. The van der Waals surface area contributed by atoms with E-state index < -0.39 is 45.7 Å². The van der Waals surface area contributed by atoms with Crippen LogP contribution in [-0.2, 0) is 28.7 Å². The molecule has 1 aromatic rings. The Hall–Kier alpha value is -2.20. The summed E-state index contributed by atoms with van der Waals surface area (Å²) in [6, 6.07) is 6.38. The number of ketones is 2. The van der Waals surface area contributed by atoms with E-state index in [1.54, 1.807) is 39.8 Å². The maximum Gasteiger partial charge on any atom is 0.311 e. The third-order valence-electron chi connectivity index (χ3n) is 5.04. The van der Waals surface area contributed by atoms with E-state index >= 15 is 0 Å². The lowest BCUT2D eigenvalue weighted by Crippen LogP contribution is -2.29. The molecule has 1 rings (SSSR count). The van der Waals surface area contributed by atoms with Crippen LogP contribution in [0.3, 0.4) is 0 Å². The highest BCUT2D eigenvalue weighted by Crippen LogP contribution is 2.21. The fraction of sp³-hybridized carbons (Fsp3) is 0.625. The van der Waals surface area contributed by atoms with Crippen LogP contribution in [-0.4, -0.2) is 51.0 Å². The molecule has 10 heteroatoms. The highest BCUT2D eigenvalue weighted by molar-refractivity contribution is 7.86. The molecule has 196 valence electrons. The number of carboxylic acid groups (broad SMARTS) is 1. The molecule has 0 amide bonds. The highest BCUT2D eigenvalue weighted by Gasteiger charge is 2.28. The van der Waals surface area contributed by atoms with Crippen molar-refractivity contribution in [3.8, 4) is 0 Å². The van der Waals surface area contributed by atoms with Gasteiger partial charge in [0.2, 0.25) is 0 Å². The van der Waals surface area contributed by atoms with Crippen molar-refractivity contribution in [1.29, 1.82) is 0 Å². The zero-order valence-electron chi connectivity index (χ0n) is 21.5. The lowest BCUT2D eigenvalue weighted by molar-refractivity contribution is -0.147. The third-order valence-corrected chi connectivity index (χ3v) is 6.32. The van der Waals surface area contributed by atoms with Gasteiger partial charge in [-0.3, -0.25) is 23.0 Å². The minimum atomic E-state index is -3.80. The van der Waals surface area contributed by atoms with Gasteiger partial charge in [-0.2, -0.15) is 8.42 Å². The van der Waals surface area contributed by atoms with Crippen LogP contribution in [0.1, 0.15) is 61.0 Å². The second kappa shape index (κ2) is 13.6. The maximum atomic E-state index is 11.9. The van der Waals surface area contributed by atoms with Crippen LogP contribution in [0.4, 0.5) is 8.78 Å². The van der Waals surface area contributed by atoms with Crippen LogP contribution in [0.15, 0.2) is 29.2 Å². The summed E-state index contributed by atoms with van der Waals surface area (Å²) < 4.78 is 52.1. The number of benzene rings is 1. The predicted octanol–water partition coefficient (Wildman–Crippen LogP) is 4.95. The Morgan fingerprint density at radius 3 is 1.44 bits per heavy atom. The van der Waals surface area contributed by atoms with Gasteiger partial charge in [-0.25, -0.2) is 4.39 Å². The summed E-state index contributed by atoms with van der Waals surface area (Å²) in [6.45, 7) is 12.3. The molecule has 7 nitrogen and oxygen atoms in total. The summed E-state index contributed by atoms with van der Waals surface area (Å²) >= 11 is 0. The summed E-state index contributed by atoms with van der Waals surface area (Å²) in [4.78, 5) is 31.9. The lowest BCUT2D eigenvalue weighted by Gasteiger charge is -2.20. The van der Waals surface area contributed by atoms with Crippen molar-refractivity contribution in [2.75, 3.05) is 20.0 Å². The first-order valence-corrected chi connectivity index (χ1v) is 11.9. The van der Waals surface area contributed by atoms with Gasteiger partial charge >= 0.3 is 5.97 Å². The first-order valence-electron chi connectivity index (χ1n) is 10.5. The number of halogens is 2. The van der Waals surface area contributed by atoms with Crippen LogP contribution < -0.4 is 0 Å². The SMILES string of the molecule is CC(=O)C(C)(C)COS(=O)(=O)c1ccc(C)cc1.CC(=O)C(C)(C)C[18F].CC(C)(C[18F])C(=O)O. The Labute approximate surface area is 202 Å². The number of aryl methyl sites for hydroxylation is 1. The van der Waals surface area contributed by atoms with Crippen LogP contribution >= 0.6 is 0 Å². The summed E-state index contributed by atoms with van der Waals surface area (Å²) in [7, 11) is -3.80. The van der Waals surface area contributed by atoms with Crippen LogP contribution in [0.5, 0.6) is 0 Å². The fourth-order valence-electron chi connectivity index (χ4n) is 1.25. The van der Waals surface area contributed by atoms with Gasteiger partial charge in [0.1, 0.15) is 24.9 Å². The average molecular weight is 507 g/mol. The quantitative estimate of drug-likeness (QED) is 0.471. The van der Waals surface area contributed by atoms with E-state index in [2.05, 4.69) is 0 Å². The lowest BCUT2D eigenvalue weighted by atomic mass is 9.90. The monoisotopic (exact) mass is 506 g/mol. The molecule has 0 radical (unpaired) electrons. The summed E-state index contributed by atoms with van der Waals surface area (Å²) in [5, 5.41) is 8.20. The number of alkyl halides is 2.